The van der Waals surface area contributed by atoms with Gasteiger partial charge in [0.2, 0.25) is 0 Å². The summed E-state index contributed by atoms with van der Waals surface area (Å²) < 4.78 is 4.83. The van der Waals surface area contributed by atoms with Crippen LogP contribution in [0.4, 0.5) is 0 Å². The van der Waals surface area contributed by atoms with Gasteiger partial charge in [0, 0.05) is 17.9 Å². The number of hydrogen-bond donors (Lipinski definition) is 1. The van der Waals surface area contributed by atoms with E-state index in [0.29, 0.717) is 12.1 Å². The van der Waals surface area contributed by atoms with Gasteiger partial charge in [0.1, 0.15) is 12.0 Å². The molecule has 0 spiro atoms. The highest BCUT2D eigenvalue weighted by molar-refractivity contribution is 7.99. The molecule has 2 unspecified atom stereocenters. The summed E-state index contributed by atoms with van der Waals surface area (Å²) in [6.45, 7) is 2.14. The first kappa shape index (κ1) is 10.1. The maximum Gasteiger partial charge on any atom is 0.124 e. The maximum atomic E-state index is 4.83. The summed E-state index contributed by atoms with van der Waals surface area (Å²) in [5, 5.41) is 7.52. The van der Waals surface area contributed by atoms with Crippen LogP contribution >= 0.6 is 11.8 Å². The fraction of sp³-hybridized carbons (Fsp3) is 0.700. The Balaban J connectivity index is 1.84. The van der Waals surface area contributed by atoms with Gasteiger partial charge < -0.3 is 9.84 Å². The molecular weight excluding hydrogens is 196 g/mol. The average Bonchev–Trinajstić information content (AvgIpc) is 2.72. The molecule has 1 aliphatic heterocycles. The second-order valence-electron chi connectivity index (χ2n) is 3.73. The van der Waals surface area contributed by atoms with Crippen molar-refractivity contribution in [3.63, 3.8) is 0 Å². The third-order valence-electron chi connectivity index (χ3n) is 2.55. The summed E-state index contributed by atoms with van der Waals surface area (Å²) in [6.07, 6.45) is 4.24. The van der Waals surface area contributed by atoms with Crippen molar-refractivity contribution in [1.82, 2.24) is 10.5 Å². The molecule has 1 fully saturated rings. The summed E-state index contributed by atoms with van der Waals surface area (Å²) >= 11 is 2.04. The Morgan fingerprint density at radius 2 is 2.64 bits per heavy atom. The lowest BCUT2D eigenvalue weighted by atomic mass is 10.1. The second kappa shape index (κ2) is 4.84. The van der Waals surface area contributed by atoms with E-state index < -0.39 is 0 Å². The van der Waals surface area contributed by atoms with Gasteiger partial charge in [-0.25, -0.2) is 0 Å². The lowest BCUT2D eigenvalue weighted by molar-refractivity contribution is 0.386. The topological polar surface area (TPSA) is 38.1 Å². The molecule has 1 aliphatic rings. The smallest absolute Gasteiger partial charge is 0.124 e. The number of rotatable bonds is 3. The summed E-state index contributed by atoms with van der Waals surface area (Å²) in [5.41, 5.74) is 1.00. The minimum Gasteiger partial charge on any atom is -0.364 e. The van der Waals surface area contributed by atoms with Gasteiger partial charge in [-0.1, -0.05) is 5.16 Å². The highest BCUT2D eigenvalue weighted by Gasteiger charge is 2.17. The van der Waals surface area contributed by atoms with Crippen LogP contribution in [0.1, 0.15) is 31.5 Å². The Hall–Kier alpha value is -0.480. The Morgan fingerprint density at radius 3 is 3.29 bits per heavy atom. The Labute approximate surface area is 88.6 Å². The predicted octanol–water partition coefficient (Wildman–Crippen LogP) is 2.22. The normalized spacial score (nSPS) is 24.8. The van der Waals surface area contributed by atoms with Crippen molar-refractivity contribution >= 4 is 11.8 Å². The van der Waals surface area contributed by atoms with E-state index >= 15 is 0 Å². The summed E-state index contributed by atoms with van der Waals surface area (Å²) in [7, 11) is 0. The van der Waals surface area contributed by atoms with E-state index in [4.69, 9.17) is 4.52 Å². The van der Waals surface area contributed by atoms with Gasteiger partial charge in [0.05, 0.1) is 6.04 Å². The number of nitrogens with one attached hydrogen (secondary N) is 1. The zero-order chi connectivity index (χ0) is 9.80. The average molecular weight is 212 g/mol. The van der Waals surface area contributed by atoms with Crippen LogP contribution in [0.25, 0.3) is 0 Å². The van der Waals surface area contributed by atoms with Crippen molar-refractivity contribution < 1.29 is 4.52 Å². The fourth-order valence-corrected chi connectivity index (χ4v) is 2.84. The lowest BCUT2D eigenvalue weighted by Crippen LogP contribution is -2.35. The Bertz CT molecular complexity index is 257. The third kappa shape index (κ3) is 2.51. The first-order chi connectivity index (χ1) is 6.86. The highest BCUT2D eigenvalue weighted by Crippen LogP contribution is 2.19. The van der Waals surface area contributed by atoms with E-state index in [0.717, 1.165) is 5.69 Å². The maximum absolute atomic E-state index is 4.83. The van der Waals surface area contributed by atoms with Gasteiger partial charge in [-0.2, -0.15) is 11.8 Å². The van der Waals surface area contributed by atoms with Gasteiger partial charge in [-0.05, 0) is 25.5 Å². The van der Waals surface area contributed by atoms with E-state index in [9.17, 15) is 0 Å². The summed E-state index contributed by atoms with van der Waals surface area (Å²) in [4.78, 5) is 0. The monoisotopic (exact) mass is 212 g/mol. The SMILES string of the molecule is CC(NC1CCCSC1)c1ccon1. The van der Waals surface area contributed by atoms with Crippen molar-refractivity contribution in [1.29, 1.82) is 0 Å². The molecule has 2 rings (SSSR count). The first-order valence-electron chi connectivity index (χ1n) is 5.10. The van der Waals surface area contributed by atoms with Crippen LogP contribution < -0.4 is 5.32 Å². The van der Waals surface area contributed by atoms with Crippen molar-refractivity contribution in [3.05, 3.63) is 18.0 Å². The van der Waals surface area contributed by atoms with Crippen molar-refractivity contribution in [3.8, 4) is 0 Å². The second-order valence-corrected chi connectivity index (χ2v) is 4.88. The molecule has 14 heavy (non-hydrogen) atoms. The van der Waals surface area contributed by atoms with E-state index in [1.807, 2.05) is 17.8 Å². The molecule has 4 heteroatoms. The van der Waals surface area contributed by atoms with Gasteiger partial charge in [0.25, 0.3) is 0 Å². The third-order valence-corrected chi connectivity index (χ3v) is 3.76. The van der Waals surface area contributed by atoms with E-state index in [2.05, 4.69) is 17.4 Å². The molecule has 1 aromatic heterocycles. The van der Waals surface area contributed by atoms with Crippen LogP contribution in [-0.4, -0.2) is 22.7 Å². The van der Waals surface area contributed by atoms with Crippen LogP contribution in [-0.2, 0) is 0 Å². The van der Waals surface area contributed by atoms with Crippen molar-refractivity contribution in [2.75, 3.05) is 11.5 Å². The Kier molecular flexibility index (Phi) is 3.48. The van der Waals surface area contributed by atoms with Crippen LogP contribution in [0.5, 0.6) is 0 Å². The lowest BCUT2D eigenvalue weighted by Gasteiger charge is -2.25. The molecule has 0 bridgehead atoms. The molecule has 78 valence electrons. The number of hydrogen-bond acceptors (Lipinski definition) is 4. The minimum absolute atomic E-state index is 0.303. The number of thioether (sulfide) groups is 1. The Morgan fingerprint density at radius 1 is 1.71 bits per heavy atom. The molecule has 0 saturated carbocycles. The molecule has 0 aromatic carbocycles. The summed E-state index contributed by atoms with van der Waals surface area (Å²) in [6, 6.07) is 2.87. The highest BCUT2D eigenvalue weighted by atomic mass is 32.2. The number of aromatic nitrogens is 1. The molecule has 1 saturated heterocycles. The molecule has 1 aromatic rings. The molecule has 2 atom stereocenters. The zero-order valence-corrected chi connectivity index (χ0v) is 9.22. The molecule has 0 aliphatic carbocycles. The van der Waals surface area contributed by atoms with Crippen LogP contribution in [0.3, 0.4) is 0 Å². The quantitative estimate of drug-likeness (QED) is 0.833. The standard InChI is InChI=1S/C10H16N2OS/c1-8(10-4-5-13-12-10)11-9-3-2-6-14-7-9/h4-5,8-9,11H,2-3,6-7H2,1H3. The van der Waals surface area contributed by atoms with Gasteiger partial charge in [-0.3, -0.25) is 0 Å². The van der Waals surface area contributed by atoms with Gasteiger partial charge >= 0.3 is 0 Å². The van der Waals surface area contributed by atoms with Crippen LogP contribution in [0.2, 0.25) is 0 Å². The zero-order valence-electron chi connectivity index (χ0n) is 8.40. The predicted molar refractivity (Wildman–Crippen MR) is 58.4 cm³/mol. The minimum atomic E-state index is 0.303. The van der Waals surface area contributed by atoms with Crippen LogP contribution in [0.15, 0.2) is 16.9 Å². The van der Waals surface area contributed by atoms with Gasteiger partial charge in [0.15, 0.2) is 0 Å². The largest absolute Gasteiger partial charge is 0.364 e. The van der Waals surface area contributed by atoms with E-state index in [1.165, 1.54) is 24.3 Å². The molecular formula is C10H16N2OS. The van der Waals surface area contributed by atoms with Crippen molar-refractivity contribution in [2.24, 2.45) is 0 Å². The van der Waals surface area contributed by atoms with E-state index in [-0.39, 0.29) is 0 Å². The molecule has 0 amide bonds. The summed E-state index contributed by atoms with van der Waals surface area (Å²) in [5.74, 6) is 2.54. The fourth-order valence-electron chi connectivity index (χ4n) is 1.76. The van der Waals surface area contributed by atoms with E-state index in [1.54, 1.807) is 6.26 Å². The molecule has 0 radical (unpaired) electrons. The first-order valence-corrected chi connectivity index (χ1v) is 6.26. The molecule has 1 N–H and O–H groups in total. The van der Waals surface area contributed by atoms with Crippen molar-refractivity contribution in [2.45, 2.75) is 31.8 Å². The van der Waals surface area contributed by atoms with Crippen LogP contribution in [0, 0.1) is 0 Å². The number of nitrogens with zero attached hydrogens (tertiary/aromatic N) is 1. The van der Waals surface area contributed by atoms with Gasteiger partial charge in [-0.15, -0.1) is 0 Å². The molecule has 3 nitrogen and oxygen atoms in total. The molecule has 2 heterocycles.